The number of para-hydroxylation sites is 2. The zero-order valence-corrected chi connectivity index (χ0v) is 16.5. The lowest BCUT2D eigenvalue weighted by Gasteiger charge is -2.20. The Morgan fingerprint density at radius 2 is 1.90 bits per heavy atom. The van der Waals surface area contributed by atoms with Gasteiger partial charge in [0, 0.05) is 12.3 Å². The minimum absolute atomic E-state index is 0.135. The number of fused-ring (bicyclic) bond motifs is 1. The van der Waals surface area contributed by atoms with Crippen molar-refractivity contribution in [2.75, 3.05) is 0 Å². The molecular formula is C22H19N5O4. The van der Waals surface area contributed by atoms with E-state index in [0.29, 0.717) is 28.1 Å². The standard InChI is InChI=1S/C22H19N5O4/c1-13(20(28)14-7-2-3-11-18(14)27(30)31)24-22(29)15-8-6-10-16-19(15)26-21(25-16)17-9-4-5-12-23-17/h2-13,20,28H,1H3,(H,24,29)(H,25,26). The summed E-state index contributed by atoms with van der Waals surface area (Å²) in [5, 5.41) is 24.6. The number of nitrogens with zero attached hydrogens (tertiary/aromatic N) is 3. The van der Waals surface area contributed by atoms with E-state index in [4.69, 9.17) is 0 Å². The lowest BCUT2D eigenvalue weighted by atomic mass is 10.0. The minimum atomic E-state index is -1.26. The SMILES string of the molecule is CC(NC(=O)c1cccc2[nH]c(-c3ccccn3)nc12)C(O)c1ccccc1[N+](=O)[O-]. The van der Waals surface area contributed by atoms with Gasteiger partial charge in [-0.2, -0.15) is 0 Å². The van der Waals surface area contributed by atoms with Crippen LogP contribution in [-0.4, -0.2) is 36.9 Å². The summed E-state index contributed by atoms with van der Waals surface area (Å²) in [6, 6.07) is 15.7. The van der Waals surface area contributed by atoms with Crippen molar-refractivity contribution in [1.82, 2.24) is 20.3 Å². The summed E-state index contributed by atoms with van der Waals surface area (Å²) in [4.78, 5) is 35.6. The van der Waals surface area contributed by atoms with Gasteiger partial charge < -0.3 is 15.4 Å². The van der Waals surface area contributed by atoms with E-state index in [2.05, 4.69) is 20.3 Å². The third-order valence-corrected chi connectivity index (χ3v) is 4.95. The molecular weight excluding hydrogens is 398 g/mol. The average molecular weight is 417 g/mol. The van der Waals surface area contributed by atoms with Crippen molar-refractivity contribution < 1.29 is 14.8 Å². The van der Waals surface area contributed by atoms with Gasteiger partial charge >= 0.3 is 0 Å². The number of aromatic amines is 1. The monoisotopic (exact) mass is 417 g/mol. The van der Waals surface area contributed by atoms with E-state index < -0.39 is 23.0 Å². The average Bonchev–Trinajstić information content (AvgIpc) is 3.23. The molecule has 2 heterocycles. The molecule has 0 radical (unpaired) electrons. The molecule has 0 saturated heterocycles. The van der Waals surface area contributed by atoms with Crippen LogP contribution in [0.1, 0.15) is 28.9 Å². The van der Waals surface area contributed by atoms with Crippen LogP contribution in [0.3, 0.4) is 0 Å². The topological polar surface area (TPSA) is 134 Å². The predicted molar refractivity (Wildman–Crippen MR) is 114 cm³/mol. The van der Waals surface area contributed by atoms with Crippen molar-refractivity contribution in [3.8, 4) is 11.5 Å². The molecule has 1 amide bonds. The van der Waals surface area contributed by atoms with Crippen molar-refractivity contribution in [2.24, 2.45) is 0 Å². The number of aliphatic hydroxyl groups is 1. The van der Waals surface area contributed by atoms with Crippen LogP contribution in [-0.2, 0) is 0 Å². The maximum Gasteiger partial charge on any atom is 0.275 e. The molecule has 9 heteroatoms. The Bertz CT molecular complexity index is 1260. The Balaban J connectivity index is 1.60. The van der Waals surface area contributed by atoms with Gasteiger partial charge in [0.2, 0.25) is 0 Å². The van der Waals surface area contributed by atoms with Gasteiger partial charge in [0.05, 0.1) is 27.6 Å². The highest BCUT2D eigenvalue weighted by Gasteiger charge is 2.26. The molecule has 0 aliphatic rings. The molecule has 0 aliphatic carbocycles. The van der Waals surface area contributed by atoms with E-state index in [9.17, 15) is 20.0 Å². The van der Waals surface area contributed by atoms with Gasteiger partial charge in [-0.1, -0.05) is 24.3 Å². The Labute approximate surface area is 176 Å². The normalized spacial score (nSPS) is 13.0. The number of aliphatic hydroxyl groups excluding tert-OH is 1. The van der Waals surface area contributed by atoms with E-state index in [-0.39, 0.29) is 11.3 Å². The number of rotatable bonds is 6. The number of H-pyrrole nitrogens is 1. The third kappa shape index (κ3) is 3.99. The fraction of sp³-hybridized carbons (Fsp3) is 0.136. The van der Waals surface area contributed by atoms with Gasteiger partial charge in [0.1, 0.15) is 17.3 Å². The third-order valence-electron chi connectivity index (χ3n) is 4.95. The molecule has 2 aromatic heterocycles. The molecule has 0 spiro atoms. The van der Waals surface area contributed by atoms with Gasteiger partial charge in [-0.3, -0.25) is 19.9 Å². The number of amides is 1. The first-order chi connectivity index (χ1) is 15.0. The van der Waals surface area contributed by atoms with E-state index in [1.54, 1.807) is 43.5 Å². The van der Waals surface area contributed by atoms with E-state index >= 15 is 0 Å². The van der Waals surface area contributed by atoms with E-state index in [0.717, 1.165) is 0 Å². The summed E-state index contributed by atoms with van der Waals surface area (Å²) in [7, 11) is 0. The smallest absolute Gasteiger partial charge is 0.275 e. The van der Waals surface area contributed by atoms with Crippen LogP contribution in [0, 0.1) is 10.1 Å². The maximum atomic E-state index is 12.9. The number of hydrogen-bond acceptors (Lipinski definition) is 6. The first-order valence-corrected chi connectivity index (χ1v) is 9.58. The van der Waals surface area contributed by atoms with Crippen LogP contribution < -0.4 is 5.32 Å². The van der Waals surface area contributed by atoms with Gasteiger partial charge in [-0.25, -0.2) is 4.98 Å². The quantitative estimate of drug-likeness (QED) is 0.325. The Morgan fingerprint density at radius 1 is 1.13 bits per heavy atom. The molecule has 4 rings (SSSR count). The number of imidazole rings is 1. The second-order valence-corrected chi connectivity index (χ2v) is 7.03. The minimum Gasteiger partial charge on any atom is -0.386 e. The van der Waals surface area contributed by atoms with Crippen LogP contribution in [0.25, 0.3) is 22.6 Å². The maximum absolute atomic E-state index is 12.9. The number of carbonyl (C=O) groups is 1. The number of carbonyl (C=O) groups excluding carboxylic acids is 1. The molecule has 9 nitrogen and oxygen atoms in total. The molecule has 0 saturated carbocycles. The largest absolute Gasteiger partial charge is 0.386 e. The first kappa shape index (κ1) is 20.2. The van der Waals surface area contributed by atoms with Crippen LogP contribution in [0.2, 0.25) is 0 Å². The molecule has 0 aliphatic heterocycles. The summed E-state index contributed by atoms with van der Waals surface area (Å²) in [6.07, 6.45) is 0.398. The number of nitrogens with one attached hydrogen (secondary N) is 2. The van der Waals surface area contributed by atoms with E-state index in [1.165, 1.54) is 18.2 Å². The fourth-order valence-corrected chi connectivity index (χ4v) is 3.38. The summed E-state index contributed by atoms with van der Waals surface area (Å²) in [5.41, 5.74) is 2.03. The fourth-order valence-electron chi connectivity index (χ4n) is 3.38. The van der Waals surface area contributed by atoms with Crippen molar-refractivity contribution >= 4 is 22.6 Å². The molecule has 0 bridgehead atoms. The molecule has 156 valence electrons. The number of benzene rings is 2. The number of nitro groups is 1. The summed E-state index contributed by atoms with van der Waals surface area (Å²) in [6.45, 7) is 1.59. The number of pyridine rings is 1. The van der Waals surface area contributed by atoms with E-state index in [1.807, 2.05) is 12.1 Å². The highest BCUT2D eigenvalue weighted by molar-refractivity contribution is 6.05. The zero-order chi connectivity index (χ0) is 22.0. The molecule has 3 N–H and O–H groups in total. The van der Waals surface area contributed by atoms with Gasteiger partial charge in [-0.15, -0.1) is 0 Å². The van der Waals surface area contributed by atoms with Crippen molar-refractivity contribution in [1.29, 1.82) is 0 Å². The van der Waals surface area contributed by atoms with Gasteiger partial charge in [0.25, 0.3) is 11.6 Å². The zero-order valence-electron chi connectivity index (χ0n) is 16.5. The summed E-state index contributed by atoms with van der Waals surface area (Å²) >= 11 is 0. The molecule has 2 aromatic carbocycles. The Kier molecular flexibility index (Phi) is 5.42. The van der Waals surface area contributed by atoms with Crippen molar-refractivity contribution in [2.45, 2.75) is 19.1 Å². The van der Waals surface area contributed by atoms with Crippen molar-refractivity contribution in [3.63, 3.8) is 0 Å². The number of nitro benzene ring substituents is 1. The lowest BCUT2D eigenvalue weighted by Crippen LogP contribution is -2.37. The lowest BCUT2D eigenvalue weighted by molar-refractivity contribution is -0.386. The van der Waals surface area contributed by atoms with Crippen molar-refractivity contribution in [3.05, 3.63) is 88.1 Å². The first-order valence-electron chi connectivity index (χ1n) is 9.58. The second-order valence-electron chi connectivity index (χ2n) is 7.03. The van der Waals surface area contributed by atoms with Crippen LogP contribution in [0.4, 0.5) is 5.69 Å². The van der Waals surface area contributed by atoms with Gasteiger partial charge in [0.15, 0.2) is 5.82 Å². The molecule has 2 atom stereocenters. The number of aromatic nitrogens is 3. The molecule has 31 heavy (non-hydrogen) atoms. The van der Waals surface area contributed by atoms with Crippen LogP contribution in [0.5, 0.6) is 0 Å². The molecule has 0 fully saturated rings. The Morgan fingerprint density at radius 3 is 2.65 bits per heavy atom. The second kappa shape index (κ2) is 8.33. The molecule has 2 unspecified atom stereocenters. The number of hydrogen-bond donors (Lipinski definition) is 3. The van der Waals surface area contributed by atoms with Crippen LogP contribution >= 0.6 is 0 Å². The van der Waals surface area contributed by atoms with Crippen LogP contribution in [0.15, 0.2) is 66.9 Å². The summed E-state index contributed by atoms with van der Waals surface area (Å²) in [5.74, 6) is 0.0821. The summed E-state index contributed by atoms with van der Waals surface area (Å²) < 4.78 is 0. The Hall–Kier alpha value is -4.11. The highest BCUT2D eigenvalue weighted by Crippen LogP contribution is 2.27. The predicted octanol–water partition coefficient (Wildman–Crippen LogP) is 3.39. The highest BCUT2D eigenvalue weighted by atomic mass is 16.6. The molecule has 4 aromatic rings. The van der Waals surface area contributed by atoms with Gasteiger partial charge in [-0.05, 0) is 37.3 Å².